The molecule has 1 fully saturated rings. The number of benzene rings is 1. The Morgan fingerprint density at radius 1 is 1.07 bits per heavy atom. The van der Waals surface area contributed by atoms with E-state index in [9.17, 15) is 9.59 Å². The molecule has 0 spiro atoms. The molecule has 0 bridgehead atoms. The number of rotatable bonds is 6. The van der Waals surface area contributed by atoms with Crippen molar-refractivity contribution >= 4 is 23.5 Å². The van der Waals surface area contributed by atoms with Gasteiger partial charge in [-0.15, -0.1) is 0 Å². The van der Waals surface area contributed by atoms with Gasteiger partial charge in [0.2, 0.25) is 5.91 Å². The van der Waals surface area contributed by atoms with Crippen LogP contribution in [0.15, 0.2) is 48.7 Å². The highest BCUT2D eigenvalue weighted by Crippen LogP contribution is 2.26. The number of amides is 2. The molecule has 0 atom stereocenters. The summed E-state index contributed by atoms with van der Waals surface area (Å²) in [6, 6.07) is 13.3. The van der Waals surface area contributed by atoms with Crippen LogP contribution in [0.4, 0.5) is 11.6 Å². The Morgan fingerprint density at radius 2 is 1.83 bits per heavy atom. The van der Waals surface area contributed by atoms with Crippen LogP contribution in [0.25, 0.3) is 0 Å². The van der Waals surface area contributed by atoms with Crippen LogP contribution < -0.4 is 10.6 Å². The quantitative estimate of drug-likeness (QED) is 0.674. The van der Waals surface area contributed by atoms with Gasteiger partial charge in [-0.05, 0) is 18.4 Å². The highest BCUT2D eigenvalue weighted by atomic mass is 16.2. The third-order valence-corrected chi connectivity index (χ3v) is 5.16. The molecule has 0 saturated heterocycles. The van der Waals surface area contributed by atoms with Crippen molar-refractivity contribution in [3.8, 4) is 0 Å². The van der Waals surface area contributed by atoms with E-state index in [2.05, 4.69) is 20.8 Å². The van der Waals surface area contributed by atoms with Gasteiger partial charge in [-0.2, -0.15) is 10.2 Å². The van der Waals surface area contributed by atoms with Crippen molar-refractivity contribution in [1.82, 2.24) is 19.6 Å². The SMILES string of the molecule is Cn1nc(C(=O)Nc2ccn(Cc3ccccc3)n2)cc1NC(=O)C1CCCC1. The summed E-state index contributed by atoms with van der Waals surface area (Å²) in [7, 11) is 1.70. The van der Waals surface area contributed by atoms with Gasteiger partial charge in [0, 0.05) is 31.3 Å². The second-order valence-corrected chi connectivity index (χ2v) is 7.35. The Hall–Kier alpha value is -3.42. The standard InChI is InChI=1S/C21H24N6O2/c1-26-19(23-20(28)16-9-5-6-10-16)13-17(24-26)21(29)22-18-11-12-27(25-18)14-15-7-3-2-4-8-15/h2-4,7-8,11-13,16H,5-6,9-10,14H2,1H3,(H,23,28)(H,22,25,29). The van der Waals surface area contributed by atoms with E-state index in [1.165, 1.54) is 4.68 Å². The lowest BCUT2D eigenvalue weighted by molar-refractivity contribution is -0.119. The fourth-order valence-electron chi connectivity index (χ4n) is 3.58. The Labute approximate surface area is 168 Å². The molecule has 2 heterocycles. The van der Waals surface area contributed by atoms with E-state index in [-0.39, 0.29) is 23.4 Å². The monoisotopic (exact) mass is 392 g/mol. The molecule has 4 rings (SSSR count). The predicted octanol–water partition coefficient (Wildman–Crippen LogP) is 3.05. The molecule has 2 N–H and O–H groups in total. The molecule has 1 aromatic carbocycles. The van der Waals surface area contributed by atoms with Gasteiger partial charge in [0.25, 0.3) is 5.91 Å². The first kappa shape index (κ1) is 18.9. The molecule has 29 heavy (non-hydrogen) atoms. The number of carbonyl (C=O) groups is 2. The minimum Gasteiger partial charge on any atom is -0.311 e. The van der Waals surface area contributed by atoms with Crippen molar-refractivity contribution in [3.05, 3.63) is 59.9 Å². The number of anilines is 2. The first-order chi connectivity index (χ1) is 14.1. The maximum atomic E-state index is 12.5. The van der Waals surface area contributed by atoms with Gasteiger partial charge in [-0.25, -0.2) is 0 Å². The second-order valence-electron chi connectivity index (χ2n) is 7.35. The summed E-state index contributed by atoms with van der Waals surface area (Å²) in [5.74, 6) is 0.648. The first-order valence-corrected chi connectivity index (χ1v) is 9.82. The van der Waals surface area contributed by atoms with E-state index >= 15 is 0 Å². The molecule has 0 unspecified atom stereocenters. The highest BCUT2D eigenvalue weighted by molar-refractivity contribution is 6.03. The molecule has 150 valence electrons. The lowest BCUT2D eigenvalue weighted by Crippen LogP contribution is -2.21. The minimum absolute atomic E-state index is 0.00267. The largest absolute Gasteiger partial charge is 0.311 e. The molecule has 0 aliphatic heterocycles. The molecule has 8 heteroatoms. The second kappa shape index (κ2) is 8.30. The number of hydrogen-bond donors (Lipinski definition) is 2. The van der Waals surface area contributed by atoms with Crippen LogP contribution in [0.1, 0.15) is 41.7 Å². The topological polar surface area (TPSA) is 93.8 Å². The zero-order valence-corrected chi connectivity index (χ0v) is 16.3. The molecule has 1 aliphatic carbocycles. The van der Waals surface area contributed by atoms with Gasteiger partial charge in [-0.1, -0.05) is 43.2 Å². The van der Waals surface area contributed by atoms with Crippen LogP contribution >= 0.6 is 0 Å². The minimum atomic E-state index is -0.369. The maximum absolute atomic E-state index is 12.5. The van der Waals surface area contributed by atoms with Gasteiger partial charge >= 0.3 is 0 Å². The Balaban J connectivity index is 1.38. The number of carbonyl (C=O) groups excluding carboxylic acids is 2. The van der Waals surface area contributed by atoms with Gasteiger partial charge in [0.05, 0.1) is 6.54 Å². The first-order valence-electron chi connectivity index (χ1n) is 9.82. The zero-order chi connectivity index (χ0) is 20.2. The third-order valence-electron chi connectivity index (χ3n) is 5.16. The summed E-state index contributed by atoms with van der Waals surface area (Å²) in [4.78, 5) is 24.9. The van der Waals surface area contributed by atoms with E-state index in [0.717, 1.165) is 31.2 Å². The van der Waals surface area contributed by atoms with Crippen LogP contribution in [0.3, 0.4) is 0 Å². The maximum Gasteiger partial charge on any atom is 0.277 e. The lowest BCUT2D eigenvalue weighted by atomic mass is 10.1. The van der Waals surface area contributed by atoms with Crippen molar-refractivity contribution in [3.63, 3.8) is 0 Å². The lowest BCUT2D eigenvalue weighted by Gasteiger charge is -2.09. The average Bonchev–Trinajstić information content (AvgIpc) is 3.45. The summed E-state index contributed by atoms with van der Waals surface area (Å²) in [5, 5.41) is 14.2. The van der Waals surface area contributed by atoms with E-state index < -0.39 is 0 Å². The van der Waals surface area contributed by atoms with Crippen molar-refractivity contribution in [2.75, 3.05) is 10.6 Å². The van der Waals surface area contributed by atoms with Crippen LogP contribution in [0.5, 0.6) is 0 Å². The van der Waals surface area contributed by atoms with Crippen LogP contribution in [-0.4, -0.2) is 31.4 Å². The highest BCUT2D eigenvalue weighted by Gasteiger charge is 2.24. The van der Waals surface area contributed by atoms with Crippen molar-refractivity contribution in [1.29, 1.82) is 0 Å². The molecule has 0 radical (unpaired) electrons. The van der Waals surface area contributed by atoms with Gasteiger partial charge < -0.3 is 10.6 Å². The number of nitrogens with zero attached hydrogens (tertiary/aromatic N) is 4. The van der Waals surface area contributed by atoms with Crippen molar-refractivity contribution in [2.45, 2.75) is 32.2 Å². The molecule has 1 saturated carbocycles. The fourth-order valence-corrected chi connectivity index (χ4v) is 3.58. The number of aryl methyl sites for hydroxylation is 1. The van der Waals surface area contributed by atoms with Gasteiger partial charge in [-0.3, -0.25) is 19.0 Å². The summed E-state index contributed by atoms with van der Waals surface area (Å²) in [5.41, 5.74) is 1.35. The fraction of sp³-hybridized carbons (Fsp3) is 0.333. The average molecular weight is 392 g/mol. The van der Waals surface area contributed by atoms with E-state index in [1.807, 2.05) is 36.5 Å². The number of hydrogen-bond acceptors (Lipinski definition) is 4. The zero-order valence-electron chi connectivity index (χ0n) is 16.3. The Kier molecular flexibility index (Phi) is 5.41. The molecule has 3 aromatic rings. The van der Waals surface area contributed by atoms with Crippen LogP contribution in [0.2, 0.25) is 0 Å². The van der Waals surface area contributed by atoms with E-state index in [0.29, 0.717) is 18.2 Å². The number of nitrogens with one attached hydrogen (secondary N) is 2. The van der Waals surface area contributed by atoms with Crippen molar-refractivity contribution < 1.29 is 9.59 Å². The Morgan fingerprint density at radius 3 is 2.59 bits per heavy atom. The molecular weight excluding hydrogens is 368 g/mol. The van der Waals surface area contributed by atoms with Crippen molar-refractivity contribution in [2.24, 2.45) is 13.0 Å². The normalized spacial score (nSPS) is 14.1. The third kappa shape index (κ3) is 4.53. The van der Waals surface area contributed by atoms with E-state index in [1.54, 1.807) is 23.9 Å². The van der Waals surface area contributed by atoms with Gasteiger partial charge in [0.1, 0.15) is 5.82 Å². The molecule has 8 nitrogen and oxygen atoms in total. The summed E-state index contributed by atoms with van der Waals surface area (Å²) in [6.07, 6.45) is 5.84. The van der Waals surface area contributed by atoms with Crippen LogP contribution in [0, 0.1) is 5.92 Å². The van der Waals surface area contributed by atoms with E-state index in [4.69, 9.17) is 0 Å². The number of aromatic nitrogens is 4. The summed E-state index contributed by atoms with van der Waals surface area (Å²) in [6.45, 7) is 0.623. The van der Waals surface area contributed by atoms with Gasteiger partial charge in [0.15, 0.2) is 11.5 Å². The molecule has 1 aliphatic rings. The summed E-state index contributed by atoms with van der Waals surface area (Å²) >= 11 is 0. The predicted molar refractivity (Wildman–Crippen MR) is 110 cm³/mol. The molecule has 2 aromatic heterocycles. The smallest absolute Gasteiger partial charge is 0.277 e. The Bertz CT molecular complexity index is 1000. The summed E-state index contributed by atoms with van der Waals surface area (Å²) < 4.78 is 3.27. The molecule has 2 amide bonds. The van der Waals surface area contributed by atoms with Crippen LogP contribution in [-0.2, 0) is 18.4 Å². The molecular formula is C21H24N6O2.